The molecule has 8 nitrogen and oxygen atoms in total. The highest BCUT2D eigenvalue weighted by molar-refractivity contribution is 7.19. The fourth-order valence-electron chi connectivity index (χ4n) is 3.29. The largest absolute Gasteiger partial charge is 0.370 e. The Morgan fingerprint density at radius 3 is 2.31 bits per heavy atom. The minimum atomic E-state index is -0.622. The van der Waals surface area contributed by atoms with Gasteiger partial charge in [0, 0.05) is 23.6 Å². The lowest BCUT2D eigenvalue weighted by atomic mass is 10.1. The van der Waals surface area contributed by atoms with Gasteiger partial charge in [-0.05, 0) is 43.4 Å². The number of benzene rings is 2. The Balaban J connectivity index is 0.000000678. The second-order valence-electron chi connectivity index (χ2n) is 7.95. The number of anilines is 1. The molecule has 3 rings (SSSR count). The highest BCUT2D eigenvalue weighted by Crippen LogP contribution is 2.39. The minimum Gasteiger partial charge on any atom is -0.370 e. The van der Waals surface area contributed by atoms with Gasteiger partial charge >= 0.3 is 0 Å². The second-order valence-corrected chi connectivity index (χ2v) is 9.38. The molecule has 0 aliphatic rings. The van der Waals surface area contributed by atoms with E-state index in [1.807, 2.05) is 49.4 Å². The molecule has 192 valence electrons. The lowest BCUT2D eigenvalue weighted by molar-refractivity contribution is -0.122. The fraction of sp³-hybridized carbons (Fsp3) is 0.308. The van der Waals surface area contributed by atoms with Crippen LogP contribution in [0.1, 0.15) is 39.0 Å². The number of carbonyl (C=O) groups excluding carboxylic acids is 3. The maximum absolute atomic E-state index is 11.3. The van der Waals surface area contributed by atoms with Crippen LogP contribution in [0, 0.1) is 0 Å². The summed E-state index contributed by atoms with van der Waals surface area (Å²) < 4.78 is 0. The second kappa shape index (κ2) is 15.5. The maximum Gasteiger partial charge on any atom is 0.239 e. The molecule has 1 aromatic heterocycles. The molecule has 1 unspecified atom stereocenters. The first-order chi connectivity index (χ1) is 17.3. The summed E-state index contributed by atoms with van der Waals surface area (Å²) in [6.45, 7) is 2.62. The van der Waals surface area contributed by atoms with Gasteiger partial charge in [0.15, 0.2) is 5.13 Å². The number of halogens is 1. The molecule has 36 heavy (non-hydrogen) atoms. The van der Waals surface area contributed by atoms with Crippen molar-refractivity contribution in [3.8, 4) is 21.7 Å². The van der Waals surface area contributed by atoms with E-state index in [1.54, 1.807) is 11.3 Å². The van der Waals surface area contributed by atoms with Crippen LogP contribution in [0.25, 0.3) is 21.7 Å². The van der Waals surface area contributed by atoms with Crippen molar-refractivity contribution in [1.29, 1.82) is 0 Å². The summed E-state index contributed by atoms with van der Waals surface area (Å²) in [4.78, 5) is 37.5. The number of amides is 3. The molecule has 0 spiro atoms. The highest BCUT2D eigenvalue weighted by Gasteiger charge is 2.16. The normalized spacial score (nSPS) is 11.1. The van der Waals surface area contributed by atoms with Gasteiger partial charge in [-0.3, -0.25) is 14.4 Å². The van der Waals surface area contributed by atoms with Gasteiger partial charge in [0.2, 0.25) is 18.2 Å². The molecule has 0 saturated heterocycles. The van der Waals surface area contributed by atoms with E-state index in [-0.39, 0.29) is 5.91 Å². The lowest BCUT2D eigenvalue weighted by Crippen LogP contribution is -2.40. The summed E-state index contributed by atoms with van der Waals surface area (Å²) >= 11 is 7.64. The van der Waals surface area contributed by atoms with Gasteiger partial charge in [-0.1, -0.05) is 72.3 Å². The Hall–Kier alpha value is -3.43. The number of rotatable bonds is 13. The molecule has 0 radical (unpaired) electrons. The molecule has 3 aromatic rings. The van der Waals surface area contributed by atoms with Crippen molar-refractivity contribution in [2.75, 3.05) is 11.9 Å². The van der Waals surface area contributed by atoms with E-state index in [1.165, 1.54) is 0 Å². The van der Waals surface area contributed by atoms with Gasteiger partial charge in [0.05, 0.1) is 10.6 Å². The van der Waals surface area contributed by atoms with Gasteiger partial charge in [0.1, 0.15) is 6.04 Å². The molecule has 10 heteroatoms. The van der Waals surface area contributed by atoms with E-state index < -0.39 is 11.9 Å². The molecule has 0 saturated carbocycles. The Morgan fingerprint density at radius 1 is 1.06 bits per heavy atom. The van der Waals surface area contributed by atoms with Crippen molar-refractivity contribution in [1.82, 2.24) is 10.3 Å². The van der Waals surface area contributed by atoms with E-state index in [0.717, 1.165) is 46.1 Å². The summed E-state index contributed by atoms with van der Waals surface area (Å²) in [5.41, 5.74) is 13.1. The number of carbonyl (C=O) groups is 3. The highest BCUT2D eigenvalue weighted by atomic mass is 35.5. The number of thiazole rings is 1. The standard InChI is InChI=1S/C22H23ClN4O2S.C4H9NO/c23-17-11-9-15(10-12-17)19-20(16-6-2-1-3-7-16)30-22(27-19)25-13-5-4-8-18(21(24)29)26-14-28;1-2-3-4(5)6/h1-3,6-7,9-12,14,18H,4-5,8,13H2,(H2,24,29)(H,25,27)(H,26,28);2-3H2,1H3,(H2,5,6). The van der Waals surface area contributed by atoms with E-state index in [0.29, 0.717) is 30.8 Å². The molecule has 0 aliphatic carbocycles. The maximum atomic E-state index is 11.3. The molecule has 2 aromatic carbocycles. The van der Waals surface area contributed by atoms with Crippen LogP contribution in [0.15, 0.2) is 54.6 Å². The van der Waals surface area contributed by atoms with Crippen LogP contribution in [0.4, 0.5) is 5.13 Å². The van der Waals surface area contributed by atoms with Crippen molar-refractivity contribution < 1.29 is 14.4 Å². The Morgan fingerprint density at radius 2 is 1.75 bits per heavy atom. The summed E-state index contributed by atoms with van der Waals surface area (Å²) in [5, 5.41) is 7.33. The summed E-state index contributed by atoms with van der Waals surface area (Å²) in [7, 11) is 0. The molecule has 0 bridgehead atoms. The van der Waals surface area contributed by atoms with Crippen LogP contribution in [0.3, 0.4) is 0 Å². The van der Waals surface area contributed by atoms with Crippen LogP contribution >= 0.6 is 22.9 Å². The van der Waals surface area contributed by atoms with Gasteiger partial charge < -0.3 is 22.1 Å². The molecule has 0 fully saturated rings. The van der Waals surface area contributed by atoms with Crippen molar-refractivity contribution in [2.45, 2.75) is 45.1 Å². The zero-order valence-electron chi connectivity index (χ0n) is 20.2. The summed E-state index contributed by atoms with van der Waals surface area (Å²) in [6, 6.07) is 17.2. The lowest BCUT2D eigenvalue weighted by Gasteiger charge is -2.11. The van der Waals surface area contributed by atoms with Crippen LogP contribution in [0.2, 0.25) is 5.02 Å². The zero-order valence-corrected chi connectivity index (χ0v) is 21.8. The van der Waals surface area contributed by atoms with Crippen molar-refractivity contribution in [3.05, 3.63) is 59.6 Å². The Labute approximate surface area is 220 Å². The topological polar surface area (TPSA) is 140 Å². The summed E-state index contributed by atoms with van der Waals surface area (Å²) in [6.07, 6.45) is 3.96. The number of nitrogens with one attached hydrogen (secondary N) is 2. The fourth-order valence-corrected chi connectivity index (χ4v) is 4.43. The third kappa shape index (κ3) is 9.67. The van der Waals surface area contributed by atoms with Gasteiger partial charge in [-0.2, -0.15) is 0 Å². The number of nitrogens with two attached hydrogens (primary N) is 2. The number of hydrogen-bond acceptors (Lipinski definition) is 6. The van der Waals surface area contributed by atoms with Gasteiger partial charge in [-0.15, -0.1) is 0 Å². The quantitative estimate of drug-likeness (QED) is 0.189. The van der Waals surface area contributed by atoms with E-state index >= 15 is 0 Å². The SMILES string of the molecule is CCCC(N)=O.NC(=O)C(CCCCNc1nc(-c2ccc(Cl)cc2)c(-c2ccccc2)s1)NC=O. The molecule has 3 amide bonds. The molecular formula is C26H32ClN5O3S. The predicted molar refractivity (Wildman–Crippen MR) is 147 cm³/mol. The first kappa shape index (κ1) is 28.8. The van der Waals surface area contributed by atoms with Crippen LogP contribution in [-0.4, -0.2) is 35.8 Å². The molecule has 1 atom stereocenters. The first-order valence-electron chi connectivity index (χ1n) is 11.7. The number of nitrogens with zero attached hydrogens (tertiary/aromatic N) is 1. The van der Waals surface area contributed by atoms with Gasteiger partial charge in [-0.25, -0.2) is 4.98 Å². The summed E-state index contributed by atoms with van der Waals surface area (Å²) in [5.74, 6) is -0.729. The van der Waals surface area contributed by atoms with Crippen LogP contribution in [0.5, 0.6) is 0 Å². The number of unbranched alkanes of at least 4 members (excludes halogenated alkanes) is 1. The Kier molecular flexibility index (Phi) is 12.4. The molecular weight excluding hydrogens is 498 g/mol. The van der Waals surface area contributed by atoms with Crippen LogP contribution in [-0.2, 0) is 14.4 Å². The number of hydrogen-bond donors (Lipinski definition) is 4. The zero-order chi connectivity index (χ0) is 26.3. The molecule has 6 N–H and O–H groups in total. The van der Waals surface area contributed by atoms with Crippen LogP contribution < -0.4 is 22.1 Å². The first-order valence-corrected chi connectivity index (χ1v) is 12.9. The van der Waals surface area contributed by atoms with Gasteiger partial charge in [0.25, 0.3) is 0 Å². The van der Waals surface area contributed by atoms with Crippen molar-refractivity contribution >= 4 is 46.3 Å². The van der Waals surface area contributed by atoms with E-state index in [9.17, 15) is 14.4 Å². The average Bonchev–Trinajstić information content (AvgIpc) is 3.28. The Bertz CT molecular complexity index is 1110. The van der Waals surface area contributed by atoms with E-state index in [2.05, 4.69) is 22.8 Å². The third-order valence-electron chi connectivity index (χ3n) is 5.09. The minimum absolute atomic E-state index is 0.211. The van der Waals surface area contributed by atoms with E-state index in [4.69, 9.17) is 28.1 Å². The van der Waals surface area contributed by atoms with Crippen molar-refractivity contribution in [3.63, 3.8) is 0 Å². The molecule has 0 aliphatic heterocycles. The average molecular weight is 530 g/mol. The molecule has 1 heterocycles. The predicted octanol–water partition coefficient (Wildman–Crippen LogP) is 4.58. The number of primary amides is 2. The third-order valence-corrected chi connectivity index (χ3v) is 6.40. The monoisotopic (exact) mass is 529 g/mol. The smallest absolute Gasteiger partial charge is 0.239 e. The van der Waals surface area contributed by atoms with Crippen molar-refractivity contribution in [2.24, 2.45) is 11.5 Å². The number of aromatic nitrogens is 1.